The van der Waals surface area contributed by atoms with Crippen LogP contribution in [0, 0.1) is 11.3 Å². The number of para-hydroxylation sites is 1. The molecule has 0 saturated heterocycles. The van der Waals surface area contributed by atoms with Gasteiger partial charge in [-0.05, 0) is 34.1 Å². The molecule has 0 amide bonds. The summed E-state index contributed by atoms with van der Waals surface area (Å²) in [6.45, 7) is 0. The van der Waals surface area contributed by atoms with Crippen molar-refractivity contribution in [3.05, 3.63) is 58.6 Å². The minimum absolute atomic E-state index is 0.462. The highest BCUT2D eigenvalue weighted by Crippen LogP contribution is 2.24. The minimum Gasteiger partial charge on any atom is -0.361 e. The van der Waals surface area contributed by atoms with Gasteiger partial charge in [0.25, 0.3) is 0 Å². The quantitative estimate of drug-likeness (QED) is 0.522. The zero-order valence-electron chi connectivity index (χ0n) is 11.8. The summed E-state index contributed by atoms with van der Waals surface area (Å²) in [5.74, 6) is 0.512. The average molecular weight is 364 g/mol. The fourth-order valence-electron chi connectivity index (χ4n) is 2.52. The van der Waals surface area contributed by atoms with Crippen molar-refractivity contribution in [1.29, 1.82) is 5.26 Å². The lowest BCUT2D eigenvalue weighted by molar-refractivity contribution is 1.25. The number of rotatable bonds is 2. The van der Waals surface area contributed by atoms with Gasteiger partial charge in [-0.3, -0.25) is 0 Å². The van der Waals surface area contributed by atoms with Gasteiger partial charge in [-0.15, -0.1) is 0 Å². The molecule has 0 spiro atoms. The third kappa shape index (κ3) is 2.41. The predicted molar refractivity (Wildman–Crippen MR) is 93.4 cm³/mol. The number of aromatic nitrogens is 4. The molecule has 0 aliphatic rings. The summed E-state index contributed by atoms with van der Waals surface area (Å²) in [5, 5.41) is 10.6. The van der Waals surface area contributed by atoms with Crippen molar-refractivity contribution in [1.82, 2.24) is 19.9 Å². The molecule has 3 aromatic heterocycles. The van der Waals surface area contributed by atoms with Crippen molar-refractivity contribution >= 4 is 49.6 Å². The number of hydrogen-bond acceptors (Lipinski definition) is 3. The zero-order chi connectivity index (χ0) is 15.8. The third-order valence-corrected chi connectivity index (χ3v) is 4.03. The minimum atomic E-state index is 0.462. The van der Waals surface area contributed by atoms with Gasteiger partial charge in [0.1, 0.15) is 6.07 Å². The van der Waals surface area contributed by atoms with E-state index in [1.165, 1.54) is 0 Å². The molecule has 5 nitrogen and oxygen atoms in total. The molecule has 4 aromatic rings. The monoisotopic (exact) mass is 363 g/mol. The molecule has 0 unspecified atom stereocenters. The van der Waals surface area contributed by atoms with Gasteiger partial charge in [0, 0.05) is 33.3 Å². The Labute approximate surface area is 139 Å². The van der Waals surface area contributed by atoms with Crippen LogP contribution in [0.2, 0.25) is 0 Å². The van der Waals surface area contributed by atoms with Crippen LogP contribution < -0.4 is 0 Å². The molecule has 110 valence electrons. The molecule has 1 aromatic carbocycles. The van der Waals surface area contributed by atoms with Crippen LogP contribution in [0.1, 0.15) is 11.4 Å². The smallest absolute Gasteiger partial charge is 0.178 e. The Kier molecular flexibility index (Phi) is 3.21. The van der Waals surface area contributed by atoms with E-state index in [0.29, 0.717) is 17.0 Å². The molecule has 2 N–H and O–H groups in total. The molecular formula is C17H10BrN5. The number of allylic oxidation sites excluding steroid dienone is 1. The number of nitrogens with zero attached hydrogens (tertiary/aromatic N) is 3. The first-order valence-corrected chi connectivity index (χ1v) is 7.73. The summed E-state index contributed by atoms with van der Waals surface area (Å²) >= 11 is 3.38. The molecular weight excluding hydrogens is 354 g/mol. The van der Waals surface area contributed by atoms with Crippen molar-refractivity contribution in [2.45, 2.75) is 0 Å². The van der Waals surface area contributed by atoms with Crippen LogP contribution in [0.3, 0.4) is 0 Å². The highest BCUT2D eigenvalue weighted by Gasteiger charge is 2.10. The van der Waals surface area contributed by atoms with E-state index in [1.54, 1.807) is 6.20 Å². The van der Waals surface area contributed by atoms with E-state index < -0.39 is 0 Å². The highest BCUT2D eigenvalue weighted by atomic mass is 79.9. The number of nitriles is 1. The molecule has 0 fully saturated rings. The Balaban J connectivity index is 1.85. The van der Waals surface area contributed by atoms with E-state index in [0.717, 1.165) is 26.5 Å². The Bertz CT molecular complexity index is 1100. The second-order valence-electron chi connectivity index (χ2n) is 5.07. The average Bonchev–Trinajstić information content (AvgIpc) is 3.16. The summed E-state index contributed by atoms with van der Waals surface area (Å²) in [5.41, 5.74) is 3.82. The molecule has 0 saturated carbocycles. The van der Waals surface area contributed by atoms with Crippen LogP contribution in [0.25, 0.3) is 33.7 Å². The highest BCUT2D eigenvalue weighted by molar-refractivity contribution is 9.10. The van der Waals surface area contributed by atoms with Gasteiger partial charge in [-0.25, -0.2) is 9.97 Å². The first-order chi connectivity index (χ1) is 11.2. The normalized spacial score (nSPS) is 11.9. The maximum atomic E-state index is 9.51. The number of nitrogens with one attached hydrogen (secondary N) is 2. The summed E-state index contributed by atoms with van der Waals surface area (Å²) in [4.78, 5) is 15.0. The maximum absolute atomic E-state index is 9.51. The Morgan fingerprint density at radius 2 is 2.13 bits per heavy atom. The second kappa shape index (κ2) is 5.38. The number of H-pyrrole nitrogens is 2. The lowest BCUT2D eigenvalue weighted by Gasteiger charge is -1.94. The van der Waals surface area contributed by atoms with Crippen molar-refractivity contribution in [2.24, 2.45) is 0 Å². The third-order valence-electron chi connectivity index (χ3n) is 3.60. The van der Waals surface area contributed by atoms with Crippen molar-refractivity contribution in [2.75, 3.05) is 0 Å². The van der Waals surface area contributed by atoms with Crippen LogP contribution in [0.4, 0.5) is 0 Å². The Hall–Kier alpha value is -2.91. The summed E-state index contributed by atoms with van der Waals surface area (Å²) < 4.78 is 0.860. The van der Waals surface area contributed by atoms with Crippen LogP contribution in [-0.4, -0.2) is 19.9 Å². The molecule has 0 bridgehead atoms. The molecule has 3 heterocycles. The lowest BCUT2D eigenvalue weighted by atomic mass is 10.1. The van der Waals surface area contributed by atoms with E-state index in [2.05, 4.69) is 41.9 Å². The van der Waals surface area contributed by atoms with E-state index in [1.807, 2.05) is 42.6 Å². The molecule has 0 atom stereocenters. The molecule has 4 rings (SSSR count). The molecule has 0 aliphatic heterocycles. The summed E-state index contributed by atoms with van der Waals surface area (Å²) in [6.07, 6.45) is 5.40. The lowest BCUT2D eigenvalue weighted by Crippen LogP contribution is -1.84. The van der Waals surface area contributed by atoms with Crippen molar-refractivity contribution < 1.29 is 0 Å². The van der Waals surface area contributed by atoms with Gasteiger partial charge in [0.2, 0.25) is 0 Å². The van der Waals surface area contributed by atoms with Crippen LogP contribution in [0.5, 0.6) is 0 Å². The number of pyridine rings is 1. The van der Waals surface area contributed by atoms with Gasteiger partial charge >= 0.3 is 0 Å². The van der Waals surface area contributed by atoms with E-state index >= 15 is 0 Å². The Morgan fingerprint density at radius 1 is 1.26 bits per heavy atom. The number of aromatic amines is 2. The van der Waals surface area contributed by atoms with Crippen LogP contribution >= 0.6 is 15.9 Å². The summed E-state index contributed by atoms with van der Waals surface area (Å²) in [7, 11) is 0. The van der Waals surface area contributed by atoms with Gasteiger partial charge < -0.3 is 9.97 Å². The topological polar surface area (TPSA) is 81.2 Å². The fraction of sp³-hybridized carbons (Fsp3) is 0. The van der Waals surface area contributed by atoms with E-state index in [9.17, 15) is 5.26 Å². The number of imidazole rings is 1. The predicted octanol–water partition coefficient (Wildman–Crippen LogP) is 4.27. The second-order valence-corrected chi connectivity index (χ2v) is 5.99. The molecule has 23 heavy (non-hydrogen) atoms. The van der Waals surface area contributed by atoms with Gasteiger partial charge in [-0.2, -0.15) is 5.26 Å². The number of fused-ring (bicyclic) bond motifs is 2. The summed E-state index contributed by atoms with van der Waals surface area (Å²) in [6, 6.07) is 12.1. The van der Waals surface area contributed by atoms with Crippen molar-refractivity contribution in [3.63, 3.8) is 0 Å². The number of benzene rings is 1. The fourth-order valence-corrected chi connectivity index (χ4v) is 2.86. The molecule has 0 radical (unpaired) electrons. The van der Waals surface area contributed by atoms with Gasteiger partial charge in [0.15, 0.2) is 11.5 Å². The van der Waals surface area contributed by atoms with Gasteiger partial charge in [-0.1, -0.05) is 18.2 Å². The molecule has 6 heteroatoms. The SMILES string of the molecule is N#C/C(=C\c1c[nH]c2ccccc12)c1nc2ncc(Br)cc2[nH]1. The number of halogens is 1. The Morgan fingerprint density at radius 3 is 3.00 bits per heavy atom. The van der Waals surface area contributed by atoms with E-state index in [-0.39, 0.29) is 0 Å². The van der Waals surface area contributed by atoms with Crippen LogP contribution in [-0.2, 0) is 0 Å². The van der Waals surface area contributed by atoms with Crippen molar-refractivity contribution in [3.8, 4) is 6.07 Å². The van der Waals surface area contributed by atoms with Gasteiger partial charge in [0.05, 0.1) is 11.1 Å². The molecule has 0 aliphatic carbocycles. The first-order valence-electron chi connectivity index (χ1n) is 6.94. The zero-order valence-corrected chi connectivity index (χ0v) is 13.4. The largest absolute Gasteiger partial charge is 0.361 e. The number of hydrogen-bond donors (Lipinski definition) is 2. The maximum Gasteiger partial charge on any atom is 0.178 e. The van der Waals surface area contributed by atoms with E-state index in [4.69, 9.17) is 0 Å². The van der Waals surface area contributed by atoms with Crippen LogP contribution in [0.15, 0.2) is 47.2 Å². The standard InChI is InChI=1S/C17H10BrN5/c18-12-6-15-17(21-9-12)23-16(22-15)10(7-19)5-11-8-20-14-4-2-1-3-13(11)14/h1-6,8-9,20H,(H,21,22,23)/b10-5+. The first kappa shape index (κ1) is 13.7.